The van der Waals surface area contributed by atoms with Gasteiger partial charge in [-0.3, -0.25) is 4.98 Å². The highest BCUT2D eigenvalue weighted by molar-refractivity contribution is 7.83. The van der Waals surface area contributed by atoms with Crippen molar-refractivity contribution in [2.45, 2.75) is 43.0 Å². The summed E-state index contributed by atoms with van der Waals surface area (Å²) in [6, 6.07) is 10.5. The molecule has 0 amide bonds. The second-order valence-corrected chi connectivity index (χ2v) is 8.87. The van der Waals surface area contributed by atoms with Crippen molar-refractivity contribution in [2.75, 3.05) is 19.7 Å². The third-order valence-electron chi connectivity index (χ3n) is 5.45. The van der Waals surface area contributed by atoms with Gasteiger partial charge in [0.1, 0.15) is 23.3 Å². The standard InChI is InChI=1S/C21H27N3O2S/c1-15-2-4-20(5-3-15)27(25)24-9-6-16-11-21(16)17-10-19(13-22-12-17)26-14-18-7-8-23-18/h2-5,10,12-13,16,18,21,23-24H,6-9,11,14H2,1H3. The zero-order valence-corrected chi connectivity index (χ0v) is 16.5. The summed E-state index contributed by atoms with van der Waals surface area (Å²) in [6.45, 7) is 4.61. The van der Waals surface area contributed by atoms with E-state index in [9.17, 15) is 4.21 Å². The zero-order chi connectivity index (χ0) is 18.6. The van der Waals surface area contributed by atoms with Crippen LogP contribution in [0.4, 0.5) is 0 Å². The van der Waals surface area contributed by atoms with Crippen molar-refractivity contribution in [3.8, 4) is 5.75 Å². The molecule has 6 heteroatoms. The number of aromatic nitrogens is 1. The van der Waals surface area contributed by atoms with Gasteiger partial charge in [-0.1, -0.05) is 17.7 Å². The smallest absolute Gasteiger partial charge is 0.137 e. The third-order valence-corrected chi connectivity index (χ3v) is 6.61. The number of hydrogen-bond donors (Lipinski definition) is 2. The Morgan fingerprint density at radius 2 is 2.11 bits per heavy atom. The minimum atomic E-state index is -1.13. The van der Waals surface area contributed by atoms with E-state index < -0.39 is 11.0 Å². The number of nitrogens with zero attached hydrogens (tertiary/aromatic N) is 1. The van der Waals surface area contributed by atoms with Crippen LogP contribution < -0.4 is 14.8 Å². The molecule has 0 radical (unpaired) electrons. The molecule has 2 aromatic rings. The van der Waals surface area contributed by atoms with E-state index in [4.69, 9.17) is 4.74 Å². The minimum Gasteiger partial charge on any atom is -0.490 e. The molecule has 2 fully saturated rings. The van der Waals surface area contributed by atoms with Crippen LogP contribution >= 0.6 is 0 Å². The van der Waals surface area contributed by atoms with E-state index in [1.807, 2.05) is 37.4 Å². The van der Waals surface area contributed by atoms with Gasteiger partial charge in [0.2, 0.25) is 0 Å². The second-order valence-electron chi connectivity index (χ2n) is 7.57. The molecular formula is C21H27N3O2S. The topological polar surface area (TPSA) is 63.2 Å². The molecule has 1 aliphatic heterocycles. The lowest BCUT2D eigenvalue weighted by molar-refractivity contribution is 0.217. The third kappa shape index (κ3) is 4.94. The van der Waals surface area contributed by atoms with Crippen LogP contribution in [0.5, 0.6) is 5.75 Å². The van der Waals surface area contributed by atoms with Gasteiger partial charge >= 0.3 is 0 Å². The van der Waals surface area contributed by atoms with Crippen LogP contribution in [0.15, 0.2) is 47.6 Å². The highest BCUT2D eigenvalue weighted by Crippen LogP contribution is 2.49. The number of ether oxygens (including phenoxy) is 1. The first-order valence-corrected chi connectivity index (χ1v) is 10.9. The summed E-state index contributed by atoms with van der Waals surface area (Å²) in [5.41, 5.74) is 2.44. The number of benzene rings is 1. The van der Waals surface area contributed by atoms with Crippen LogP contribution in [0.1, 0.15) is 36.3 Å². The maximum atomic E-state index is 12.3. The Balaban J connectivity index is 1.21. The molecule has 1 aliphatic carbocycles. The van der Waals surface area contributed by atoms with Crippen molar-refractivity contribution in [2.24, 2.45) is 5.92 Å². The molecule has 4 rings (SSSR count). The number of nitrogens with one attached hydrogen (secondary N) is 2. The number of hydrogen-bond acceptors (Lipinski definition) is 4. The SMILES string of the molecule is Cc1ccc(S(=O)NCCC2CC2c2cncc(OCC3CCN3)c2)cc1. The average molecular weight is 386 g/mol. The molecule has 1 saturated heterocycles. The molecule has 27 heavy (non-hydrogen) atoms. The van der Waals surface area contributed by atoms with E-state index >= 15 is 0 Å². The molecule has 0 bridgehead atoms. The lowest BCUT2D eigenvalue weighted by atomic mass is 10.1. The fraction of sp³-hybridized carbons (Fsp3) is 0.476. The second kappa shape index (κ2) is 8.50. The van der Waals surface area contributed by atoms with Gasteiger partial charge in [-0.05, 0) is 68.3 Å². The van der Waals surface area contributed by atoms with Gasteiger partial charge in [0, 0.05) is 18.8 Å². The molecule has 2 N–H and O–H groups in total. The van der Waals surface area contributed by atoms with E-state index in [2.05, 4.69) is 21.1 Å². The van der Waals surface area contributed by atoms with Crippen molar-refractivity contribution in [1.82, 2.24) is 15.0 Å². The Labute approximate surface area is 163 Å². The molecule has 1 aromatic carbocycles. The number of rotatable bonds is 9. The molecule has 4 unspecified atom stereocenters. The Kier molecular flexibility index (Phi) is 5.86. The van der Waals surface area contributed by atoms with Gasteiger partial charge in [0.05, 0.1) is 11.1 Å². The molecule has 5 nitrogen and oxygen atoms in total. The fourth-order valence-electron chi connectivity index (χ4n) is 3.46. The van der Waals surface area contributed by atoms with Crippen LogP contribution in [0.3, 0.4) is 0 Å². The van der Waals surface area contributed by atoms with Crippen LogP contribution in [-0.2, 0) is 11.0 Å². The molecule has 4 atom stereocenters. The Hall–Kier alpha value is -1.76. The maximum Gasteiger partial charge on any atom is 0.137 e. The molecule has 2 heterocycles. The van der Waals surface area contributed by atoms with E-state index in [0.717, 1.165) is 30.2 Å². The summed E-state index contributed by atoms with van der Waals surface area (Å²) in [5.74, 6) is 2.06. The van der Waals surface area contributed by atoms with Crippen molar-refractivity contribution in [1.29, 1.82) is 0 Å². The predicted molar refractivity (Wildman–Crippen MR) is 107 cm³/mol. The Bertz CT molecular complexity index is 792. The van der Waals surface area contributed by atoms with E-state index in [1.165, 1.54) is 24.0 Å². The van der Waals surface area contributed by atoms with Crippen LogP contribution in [0.25, 0.3) is 0 Å². The van der Waals surface area contributed by atoms with E-state index in [1.54, 1.807) is 6.20 Å². The highest BCUT2D eigenvalue weighted by Gasteiger charge is 2.38. The van der Waals surface area contributed by atoms with Gasteiger partial charge in [-0.25, -0.2) is 8.93 Å². The summed E-state index contributed by atoms with van der Waals surface area (Å²) >= 11 is 0. The summed E-state index contributed by atoms with van der Waals surface area (Å²) in [7, 11) is -1.13. The van der Waals surface area contributed by atoms with Crippen LogP contribution in [0.2, 0.25) is 0 Å². The van der Waals surface area contributed by atoms with Crippen molar-refractivity contribution < 1.29 is 8.95 Å². The molecule has 144 valence electrons. The fourth-order valence-corrected chi connectivity index (χ4v) is 4.32. The molecule has 1 saturated carbocycles. The quantitative estimate of drug-likeness (QED) is 0.697. The number of aryl methyl sites for hydroxylation is 1. The lowest BCUT2D eigenvalue weighted by Crippen LogP contribution is -2.46. The van der Waals surface area contributed by atoms with E-state index in [0.29, 0.717) is 24.5 Å². The largest absolute Gasteiger partial charge is 0.490 e. The first-order chi connectivity index (χ1) is 13.2. The maximum absolute atomic E-state index is 12.3. The van der Waals surface area contributed by atoms with Gasteiger partial charge in [0.25, 0.3) is 0 Å². The average Bonchev–Trinajstić information content (AvgIpc) is 3.41. The van der Waals surface area contributed by atoms with Gasteiger partial charge < -0.3 is 10.1 Å². The summed E-state index contributed by atoms with van der Waals surface area (Å²) in [5, 5.41) is 3.34. The summed E-state index contributed by atoms with van der Waals surface area (Å²) in [6.07, 6.45) is 7.14. The Morgan fingerprint density at radius 3 is 2.85 bits per heavy atom. The highest BCUT2D eigenvalue weighted by atomic mass is 32.2. The molecule has 0 spiro atoms. The normalized spacial score (nSPS) is 24.9. The Morgan fingerprint density at radius 1 is 1.30 bits per heavy atom. The summed E-state index contributed by atoms with van der Waals surface area (Å²) in [4.78, 5) is 5.18. The molecular weight excluding hydrogens is 358 g/mol. The zero-order valence-electron chi connectivity index (χ0n) is 15.7. The van der Waals surface area contributed by atoms with Crippen LogP contribution in [-0.4, -0.2) is 34.9 Å². The van der Waals surface area contributed by atoms with Crippen molar-refractivity contribution in [3.05, 3.63) is 53.9 Å². The van der Waals surface area contributed by atoms with Crippen LogP contribution in [0, 0.1) is 12.8 Å². The predicted octanol–water partition coefficient (Wildman–Crippen LogP) is 2.94. The first-order valence-electron chi connectivity index (χ1n) is 9.72. The van der Waals surface area contributed by atoms with Crippen molar-refractivity contribution in [3.63, 3.8) is 0 Å². The van der Waals surface area contributed by atoms with Crippen molar-refractivity contribution >= 4 is 11.0 Å². The monoisotopic (exact) mass is 385 g/mol. The van der Waals surface area contributed by atoms with E-state index in [-0.39, 0.29) is 0 Å². The minimum absolute atomic E-state index is 0.489. The lowest BCUT2D eigenvalue weighted by Gasteiger charge is -2.27. The van der Waals surface area contributed by atoms with Gasteiger partial charge in [-0.2, -0.15) is 0 Å². The van der Waals surface area contributed by atoms with Gasteiger partial charge in [0.15, 0.2) is 0 Å². The molecule has 1 aromatic heterocycles. The molecule has 2 aliphatic rings. The first kappa shape index (κ1) is 18.6. The number of pyridine rings is 1. The summed E-state index contributed by atoms with van der Waals surface area (Å²) < 4.78 is 21.3. The van der Waals surface area contributed by atoms with Gasteiger partial charge in [-0.15, -0.1) is 0 Å².